The van der Waals surface area contributed by atoms with E-state index >= 15 is 0 Å². The van der Waals surface area contributed by atoms with E-state index in [-0.39, 0.29) is 12.1 Å². The van der Waals surface area contributed by atoms with Crippen molar-refractivity contribution in [2.24, 2.45) is 0 Å². The van der Waals surface area contributed by atoms with Crippen LogP contribution in [0, 0.1) is 0 Å². The summed E-state index contributed by atoms with van der Waals surface area (Å²) in [4.78, 5) is 0. The summed E-state index contributed by atoms with van der Waals surface area (Å²) in [6.45, 7) is 8.37. The van der Waals surface area contributed by atoms with E-state index in [0.717, 1.165) is 19.4 Å². The van der Waals surface area contributed by atoms with Crippen LogP contribution in [0.5, 0.6) is 0 Å². The topological polar surface area (TPSA) is 70.2 Å². The fourth-order valence-corrected chi connectivity index (χ4v) is 3.58. The van der Waals surface area contributed by atoms with Crippen LogP contribution in [0.1, 0.15) is 47.0 Å². The first-order valence-electron chi connectivity index (χ1n) is 6.24. The Morgan fingerprint density at radius 3 is 2.41 bits per heavy atom. The summed E-state index contributed by atoms with van der Waals surface area (Å²) in [5.74, 6) is 0. The third kappa shape index (κ3) is 5.81. The van der Waals surface area contributed by atoms with Crippen molar-refractivity contribution < 1.29 is 8.42 Å². The molecule has 2 atom stereocenters. The number of hydrogen-bond acceptors (Lipinski definition) is 3. The number of hydrogen-bond donors (Lipinski definition) is 3. The molecule has 0 aromatic rings. The molecule has 2 unspecified atom stereocenters. The monoisotopic (exact) mass is 263 g/mol. The van der Waals surface area contributed by atoms with Gasteiger partial charge < -0.3 is 5.32 Å². The first kappa shape index (κ1) is 14.9. The minimum absolute atomic E-state index is 0.0878. The lowest BCUT2D eigenvalue weighted by Gasteiger charge is -2.30. The van der Waals surface area contributed by atoms with Crippen molar-refractivity contribution in [1.29, 1.82) is 0 Å². The third-order valence-electron chi connectivity index (χ3n) is 2.73. The molecule has 17 heavy (non-hydrogen) atoms. The van der Waals surface area contributed by atoms with Crippen LogP contribution in [-0.2, 0) is 10.2 Å². The first-order chi connectivity index (χ1) is 7.70. The molecule has 1 heterocycles. The molecule has 0 saturated carbocycles. The van der Waals surface area contributed by atoms with Crippen LogP contribution in [0.25, 0.3) is 0 Å². The summed E-state index contributed by atoms with van der Waals surface area (Å²) in [6, 6.07) is 0.149. The van der Waals surface area contributed by atoms with Gasteiger partial charge in [0.15, 0.2) is 0 Å². The maximum absolute atomic E-state index is 11.8. The normalized spacial score (nSPS) is 24.6. The van der Waals surface area contributed by atoms with E-state index in [4.69, 9.17) is 0 Å². The molecule has 0 aromatic carbocycles. The number of rotatable bonds is 4. The number of nitrogens with one attached hydrogen (secondary N) is 3. The van der Waals surface area contributed by atoms with Crippen LogP contribution in [0.2, 0.25) is 0 Å². The Morgan fingerprint density at radius 1 is 1.29 bits per heavy atom. The maximum atomic E-state index is 11.8. The molecule has 0 bridgehead atoms. The van der Waals surface area contributed by atoms with Gasteiger partial charge in [-0.3, -0.25) is 0 Å². The van der Waals surface area contributed by atoms with E-state index in [1.165, 1.54) is 6.42 Å². The molecule has 0 amide bonds. The average Bonchev–Trinajstić information content (AvgIpc) is 2.14. The van der Waals surface area contributed by atoms with Gasteiger partial charge in [-0.2, -0.15) is 17.9 Å². The van der Waals surface area contributed by atoms with Crippen molar-refractivity contribution in [3.63, 3.8) is 0 Å². The predicted octanol–water partition coefficient (Wildman–Crippen LogP) is 0.740. The zero-order valence-electron chi connectivity index (χ0n) is 11.2. The molecule has 0 spiro atoms. The zero-order valence-corrected chi connectivity index (χ0v) is 12.0. The molecule has 1 aliphatic rings. The Bertz CT molecular complexity index is 329. The lowest BCUT2D eigenvalue weighted by Crippen LogP contribution is -2.55. The second-order valence-electron chi connectivity index (χ2n) is 5.82. The van der Waals surface area contributed by atoms with Crippen LogP contribution in [0.4, 0.5) is 0 Å². The molecule has 0 aromatic heterocycles. The summed E-state index contributed by atoms with van der Waals surface area (Å²) in [5.41, 5.74) is -0.453. The van der Waals surface area contributed by atoms with E-state index in [1.807, 2.05) is 27.7 Å². The van der Waals surface area contributed by atoms with Gasteiger partial charge in [0.2, 0.25) is 0 Å². The van der Waals surface area contributed by atoms with Crippen molar-refractivity contribution in [2.75, 3.05) is 6.54 Å². The van der Waals surface area contributed by atoms with Gasteiger partial charge in [-0.25, -0.2) is 0 Å². The van der Waals surface area contributed by atoms with Crippen LogP contribution >= 0.6 is 0 Å². The Balaban J connectivity index is 2.51. The Kier molecular flexibility index (Phi) is 4.95. The van der Waals surface area contributed by atoms with Gasteiger partial charge in [-0.15, -0.1) is 0 Å². The SMILES string of the molecule is CC(NS(=O)(=O)NC(C)(C)C)C1CCCCN1. The Morgan fingerprint density at radius 2 is 1.94 bits per heavy atom. The molecular formula is C11H25N3O2S. The number of piperidine rings is 1. The lowest BCUT2D eigenvalue weighted by atomic mass is 10.00. The average molecular weight is 263 g/mol. The lowest BCUT2D eigenvalue weighted by molar-refractivity contribution is 0.344. The van der Waals surface area contributed by atoms with E-state index in [9.17, 15) is 8.42 Å². The van der Waals surface area contributed by atoms with Crippen molar-refractivity contribution in [3.8, 4) is 0 Å². The smallest absolute Gasteiger partial charge is 0.277 e. The van der Waals surface area contributed by atoms with Gasteiger partial charge in [0.05, 0.1) is 0 Å². The van der Waals surface area contributed by atoms with Gasteiger partial charge in [0.1, 0.15) is 0 Å². The Hall–Kier alpha value is -0.170. The highest BCUT2D eigenvalue weighted by Crippen LogP contribution is 2.11. The van der Waals surface area contributed by atoms with Crippen molar-refractivity contribution in [2.45, 2.75) is 64.6 Å². The van der Waals surface area contributed by atoms with Crippen LogP contribution < -0.4 is 14.8 Å². The van der Waals surface area contributed by atoms with Gasteiger partial charge in [-0.1, -0.05) is 6.42 Å². The highest BCUT2D eigenvalue weighted by Gasteiger charge is 2.26. The van der Waals surface area contributed by atoms with E-state index in [1.54, 1.807) is 0 Å². The van der Waals surface area contributed by atoms with Crippen molar-refractivity contribution >= 4 is 10.2 Å². The van der Waals surface area contributed by atoms with Crippen LogP contribution in [-0.4, -0.2) is 32.6 Å². The van der Waals surface area contributed by atoms with Gasteiger partial charge in [-0.05, 0) is 47.1 Å². The van der Waals surface area contributed by atoms with Gasteiger partial charge in [0.25, 0.3) is 10.2 Å². The van der Waals surface area contributed by atoms with Gasteiger partial charge >= 0.3 is 0 Å². The highest BCUT2D eigenvalue weighted by atomic mass is 32.2. The summed E-state index contributed by atoms with van der Waals surface area (Å²) < 4.78 is 29.0. The summed E-state index contributed by atoms with van der Waals surface area (Å²) in [6.07, 6.45) is 3.37. The van der Waals surface area contributed by atoms with E-state index in [2.05, 4.69) is 14.8 Å². The molecule has 1 saturated heterocycles. The minimum atomic E-state index is -3.43. The quantitative estimate of drug-likeness (QED) is 0.700. The van der Waals surface area contributed by atoms with Crippen LogP contribution in [0.3, 0.4) is 0 Å². The first-order valence-corrected chi connectivity index (χ1v) is 7.72. The molecule has 3 N–H and O–H groups in total. The Labute approximate surface area is 105 Å². The second kappa shape index (κ2) is 5.65. The molecule has 1 fully saturated rings. The second-order valence-corrected chi connectivity index (χ2v) is 7.27. The maximum Gasteiger partial charge on any atom is 0.277 e. The minimum Gasteiger partial charge on any atom is -0.312 e. The summed E-state index contributed by atoms with van der Waals surface area (Å²) >= 11 is 0. The summed E-state index contributed by atoms with van der Waals surface area (Å²) in [5, 5.41) is 3.35. The standard InChI is InChI=1S/C11H25N3O2S/c1-9(10-7-5-6-8-12-10)13-17(15,16)14-11(2,3)4/h9-10,12-14H,5-8H2,1-4H3. The molecule has 1 rings (SSSR count). The fourth-order valence-electron chi connectivity index (χ4n) is 2.06. The van der Waals surface area contributed by atoms with Crippen molar-refractivity contribution in [1.82, 2.24) is 14.8 Å². The molecule has 0 aliphatic carbocycles. The fraction of sp³-hybridized carbons (Fsp3) is 1.00. The largest absolute Gasteiger partial charge is 0.312 e. The molecular weight excluding hydrogens is 238 g/mol. The molecule has 6 heteroatoms. The predicted molar refractivity (Wildman–Crippen MR) is 70.0 cm³/mol. The molecule has 5 nitrogen and oxygen atoms in total. The van der Waals surface area contributed by atoms with Crippen molar-refractivity contribution in [3.05, 3.63) is 0 Å². The molecule has 1 aliphatic heterocycles. The summed E-state index contributed by atoms with van der Waals surface area (Å²) in [7, 11) is -3.43. The third-order valence-corrected chi connectivity index (χ3v) is 4.30. The van der Waals surface area contributed by atoms with E-state index in [0.29, 0.717) is 0 Å². The zero-order chi connectivity index (χ0) is 13.1. The van der Waals surface area contributed by atoms with Crippen LogP contribution in [0.15, 0.2) is 0 Å². The molecule has 102 valence electrons. The van der Waals surface area contributed by atoms with Gasteiger partial charge in [0, 0.05) is 17.6 Å². The van der Waals surface area contributed by atoms with E-state index < -0.39 is 15.7 Å². The molecule has 0 radical (unpaired) electrons. The highest BCUT2D eigenvalue weighted by molar-refractivity contribution is 7.87.